The van der Waals surface area contributed by atoms with Crippen molar-refractivity contribution < 1.29 is 26.5 Å². The van der Waals surface area contributed by atoms with E-state index in [0.717, 1.165) is 6.26 Å². The van der Waals surface area contributed by atoms with Gasteiger partial charge in [0.25, 0.3) is 10.1 Å². The number of nitrogens with zero attached hydrogens (tertiary/aromatic N) is 1. The SMILES string of the molecule is CS(=O)(=O)OC[C@H]1CN(c2cccc(F)c2)C(=O)O1. The summed E-state index contributed by atoms with van der Waals surface area (Å²) in [5, 5.41) is 0. The molecule has 8 heteroatoms. The number of hydrogen-bond donors (Lipinski definition) is 0. The molecule has 0 saturated carbocycles. The summed E-state index contributed by atoms with van der Waals surface area (Å²) in [7, 11) is -3.59. The molecule has 104 valence electrons. The zero-order valence-corrected chi connectivity index (χ0v) is 10.9. The van der Waals surface area contributed by atoms with Gasteiger partial charge in [-0.05, 0) is 18.2 Å². The molecule has 0 aliphatic carbocycles. The Morgan fingerprint density at radius 1 is 1.53 bits per heavy atom. The number of anilines is 1. The van der Waals surface area contributed by atoms with Crippen LogP contribution in [0.4, 0.5) is 14.9 Å². The number of halogens is 1. The summed E-state index contributed by atoms with van der Waals surface area (Å²) in [6, 6.07) is 5.48. The highest BCUT2D eigenvalue weighted by atomic mass is 32.2. The van der Waals surface area contributed by atoms with Crippen LogP contribution in [0.15, 0.2) is 24.3 Å². The van der Waals surface area contributed by atoms with Gasteiger partial charge in [-0.3, -0.25) is 9.08 Å². The van der Waals surface area contributed by atoms with Crippen LogP contribution in [0.1, 0.15) is 0 Å². The molecule has 1 aromatic carbocycles. The van der Waals surface area contributed by atoms with Crippen molar-refractivity contribution in [3.05, 3.63) is 30.1 Å². The third-order valence-corrected chi connectivity index (χ3v) is 3.03. The number of ether oxygens (including phenoxy) is 1. The summed E-state index contributed by atoms with van der Waals surface area (Å²) >= 11 is 0. The summed E-state index contributed by atoms with van der Waals surface area (Å²) < 4.78 is 44.2. The van der Waals surface area contributed by atoms with Crippen molar-refractivity contribution in [1.29, 1.82) is 0 Å². The lowest BCUT2D eigenvalue weighted by Crippen LogP contribution is -2.26. The van der Waals surface area contributed by atoms with Crippen LogP contribution in [-0.4, -0.2) is 40.0 Å². The third-order valence-electron chi connectivity index (χ3n) is 2.46. The van der Waals surface area contributed by atoms with E-state index in [9.17, 15) is 17.6 Å². The van der Waals surface area contributed by atoms with Gasteiger partial charge in [0.15, 0.2) is 0 Å². The van der Waals surface area contributed by atoms with Crippen molar-refractivity contribution in [2.24, 2.45) is 0 Å². The lowest BCUT2D eigenvalue weighted by Gasteiger charge is -2.12. The van der Waals surface area contributed by atoms with Gasteiger partial charge >= 0.3 is 6.09 Å². The smallest absolute Gasteiger partial charge is 0.414 e. The van der Waals surface area contributed by atoms with E-state index in [1.165, 1.54) is 23.1 Å². The van der Waals surface area contributed by atoms with Crippen LogP contribution < -0.4 is 4.90 Å². The molecule has 1 amide bonds. The van der Waals surface area contributed by atoms with E-state index in [1.807, 2.05) is 0 Å². The standard InChI is InChI=1S/C11H12FNO5S/c1-19(15,16)17-7-10-6-13(11(14)18-10)9-4-2-3-8(12)5-9/h2-5,10H,6-7H2,1H3/t10-/m1/s1. The largest absolute Gasteiger partial charge is 0.441 e. The fraction of sp³-hybridized carbons (Fsp3) is 0.364. The second kappa shape index (κ2) is 5.14. The molecule has 0 aromatic heterocycles. The minimum atomic E-state index is -3.59. The lowest BCUT2D eigenvalue weighted by atomic mass is 10.2. The minimum absolute atomic E-state index is 0.109. The van der Waals surface area contributed by atoms with E-state index < -0.39 is 28.1 Å². The van der Waals surface area contributed by atoms with Gasteiger partial charge in [0.1, 0.15) is 18.5 Å². The maximum Gasteiger partial charge on any atom is 0.414 e. The summed E-state index contributed by atoms with van der Waals surface area (Å²) in [6.07, 6.45) is -0.452. The van der Waals surface area contributed by atoms with Crippen LogP contribution in [0.2, 0.25) is 0 Å². The number of benzene rings is 1. The molecule has 1 aliphatic heterocycles. The lowest BCUT2D eigenvalue weighted by molar-refractivity contribution is 0.107. The Kier molecular flexibility index (Phi) is 3.72. The molecular formula is C11H12FNO5S. The average molecular weight is 289 g/mol. The van der Waals surface area contributed by atoms with Crippen molar-refractivity contribution in [2.45, 2.75) is 6.10 Å². The van der Waals surface area contributed by atoms with Crippen LogP contribution >= 0.6 is 0 Å². The molecule has 0 bridgehead atoms. The number of amides is 1. The Labute approximate surface area is 109 Å². The summed E-state index contributed by atoms with van der Waals surface area (Å²) in [4.78, 5) is 12.8. The van der Waals surface area contributed by atoms with Gasteiger partial charge in [-0.2, -0.15) is 8.42 Å². The average Bonchev–Trinajstić information content (AvgIpc) is 2.67. The highest BCUT2D eigenvalue weighted by Crippen LogP contribution is 2.22. The quantitative estimate of drug-likeness (QED) is 0.777. The molecule has 0 radical (unpaired) electrons. The molecule has 6 nitrogen and oxygen atoms in total. The molecule has 1 saturated heterocycles. The minimum Gasteiger partial charge on any atom is -0.441 e. The van der Waals surface area contributed by atoms with Crippen LogP contribution in [0.3, 0.4) is 0 Å². The zero-order valence-electron chi connectivity index (χ0n) is 10.1. The van der Waals surface area contributed by atoms with Crippen molar-refractivity contribution in [3.8, 4) is 0 Å². The van der Waals surface area contributed by atoms with E-state index in [0.29, 0.717) is 5.69 Å². The predicted octanol–water partition coefficient (Wildman–Crippen LogP) is 1.13. The Morgan fingerprint density at radius 2 is 2.26 bits per heavy atom. The Hall–Kier alpha value is -1.67. The molecule has 2 rings (SSSR count). The highest BCUT2D eigenvalue weighted by Gasteiger charge is 2.33. The van der Waals surface area contributed by atoms with Crippen molar-refractivity contribution >= 4 is 21.9 Å². The molecule has 19 heavy (non-hydrogen) atoms. The second-order valence-corrected chi connectivity index (χ2v) is 5.73. The van der Waals surface area contributed by atoms with Gasteiger partial charge in [-0.1, -0.05) is 6.07 Å². The first-order valence-corrected chi connectivity index (χ1v) is 7.25. The summed E-state index contributed by atoms with van der Waals surface area (Å²) in [5.41, 5.74) is 0.354. The number of hydrogen-bond acceptors (Lipinski definition) is 5. The van der Waals surface area contributed by atoms with E-state index in [4.69, 9.17) is 4.74 Å². The molecule has 1 atom stereocenters. The molecule has 0 spiro atoms. The first-order chi connectivity index (χ1) is 8.85. The van der Waals surface area contributed by atoms with Gasteiger partial charge in [-0.15, -0.1) is 0 Å². The summed E-state index contributed by atoms with van der Waals surface area (Å²) in [6.45, 7) is -0.145. The number of carbonyl (C=O) groups excluding carboxylic acids is 1. The van der Waals surface area contributed by atoms with Crippen molar-refractivity contribution in [3.63, 3.8) is 0 Å². The van der Waals surface area contributed by atoms with Crippen LogP contribution in [0, 0.1) is 5.82 Å². The van der Waals surface area contributed by atoms with Gasteiger partial charge in [0.2, 0.25) is 0 Å². The fourth-order valence-electron chi connectivity index (χ4n) is 1.66. The third kappa shape index (κ3) is 3.65. The maximum absolute atomic E-state index is 13.1. The second-order valence-electron chi connectivity index (χ2n) is 4.08. The van der Waals surface area contributed by atoms with Gasteiger partial charge < -0.3 is 4.74 Å². The molecule has 1 aromatic rings. The monoisotopic (exact) mass is 289 g/mol. The van der Waals surface area contributed by atoms with Gasteiger partial charge in [0, 0.05) is 0 Å². The fourth-order valence-corrected chi connectivity index (χ4v) is 2.06. The number of carbonyl (C=O) groups is 1. The van der Waals surface area contributed by atoms with E-state index >= 15 is 0 Å². The Morgan fingerprint density at radius 3 is 2.89 bits per heavy atom. The normalized spacial score (nSPS) is 19.6. The molecule has 0 N–H and O–H groups in total. The van der Waals surface area contributed by atoms with Crippen LogP contribution in [0.5, 0.6) is 0 Å². The zero-order chi connectivity index (χ0) is 14.0. The van der Waals surface area contributed by atoms with E-state index in [2.05, 4.69) is 4.18 Å². The number of cyclic esters (lactones) is 1. The number of rotatable bonds is 4. The highest BCUT2D eigenvalue weighted by molar-refractivity contribution is 7.85. The molecular weight excluding hydrogens is 277 g/mol. The van der Waals surface area contributed by atoms with Crippen molar-refractivity contribution in [2.75, 3.05) is 24.3 Å². The topological polar surface area (TPSA) is 72.9 Å². The molecule has 1 fully saturated rings. The molecule has 1 heterocycles. The van der Waals surface area contributed by atoms with Crippen molar-refractivity contribution in [1.82, 2.24) is 0 Å². The van der Waals surface area contributed by atoms with E-state index in [-0.39, 0.29) is 13.2 Å². The molecule has 0 unspecified atom stereocenters. The Balaban J connectivity index is 2.04. The first-order valence-electron chi connectivity index (χ1n) is 5.43. The van der Waals surface area contributed by atoms with Gasteiger partial charge in [-0.25, -0.2) is 9.18 Å². The van der Waals surface area contributed by atoms with E-state index in [1.54, 1.807) is 6.07 Å². The Bertz CT molecular complexity index is 589. The van der Waals surface area contributed by atoms with Gasteiger partial charge in [0.05, 0.1) is 18.5 Å². The first kappa shape index (κ1) is 13.8. The van der Waals surface area contributed by atoms with Crippen LogP contribution in [-0.2, 0) is 19.0 Å². The summed E-state index contributed by atoms with van der Waals surface area (Å²) in [5.74, 6) is -0.471. The maximum atomic E-state index is 13.1. The predicted molar refractivity (Wildman–Crippen MR) is 64.8 cm³/mol. The van der Waals surface area contributed by atoms with Crippen LogP contribution in [0.25, 0.3) is 0 Å². The molecule has 1 aliphatic rings.